The van der Waals surface area contributed by atoms with Crippen LogP contribution in [0.25, 0.3) is 0 Å². The van der Waals surface area contributed by atoms with Gasteiger partial charge in [0.15, 0.2) is 6.04 Å². The van der Waals surface area contributed by atoms with Gasteiger partial charge in [-0.2, -0.15) is 0 Å². The fourth-order valence-corrected chi connectivity index (χ4v) is 2.40. The highest BCUT2D eigenvalue weighted by Crippen LogP contribution is 2.30. The summed E-state index contributed by atoms with van der Waals surface area (Å²) in [4.78, 5) is 23.6. The summed E-state index contributed by atoms with van der Waals surface area (Å²) >= 11 is 9.29. The van der Waals surface area contributed by atoms with Gasteiger partial charge >= 0.3 is 5.97 Å². The molecule has 0 spiro atoms. The number of nitrogens with zero attached hydrogens (tertiary/aromatic N) is 1. The minimum atomic E-state index is -1.11. The highest BCUT2D eigenvalue weighted by atomic mass is 79.9. The predicted octanol–water partition coefficient (Wildman–Crippen LogP) is 3.10. The zero-order valence-corrected chi connectivity index (χ0v) is 12.3. The Morgan fingerprint density at radius 3 is 2.50 bits per heavy atom. The molecule has 1 aromatic rings. The Balaban J connectivity index is 3.27. The minimum Gasteiger partial charge on any atom is -0.479 e. The van der Waals surface area contributed by atoms with E-state index in [2.05, 4.69) is 15.9 Å². The third-order valence-electron chi connectivity index (χ3n) is 2.51. The fraction of sp³-hybridized carbons (Fsp3) is 0.333. The molecule has 4 nitrogen and oxygen atoms in total. The van der Waals surface area contributed by atoms with E-state index in [1.165, 1.54) is 4.90 Å². The van der Waals surface area contributed by atoms with Gasteiger partial charge < -0.3 is 10.0 Å². The largest absolute Gasteiger partial charge is 0.479 e. The van der Waals surface area contributed by atoms with Crippen LogP contribution in [0.5, 0.6) is 0 Å². The molecule has 6 heteroatoms. The molecule has 0 aromatic heterocycles. The maximum Gasteiger partial charge on any atom is 0.331 e. The molecule has 1 atom stereocenters. The molecular formula is C12H13BrClNO3. The topological polar surface area (TPSA) is 57.6 Å². The molecule has 0 saturated carbocycles. The fourth-order valence-electron chi connectivity index (χ4n) is 1.63. The third-order valence-corrected chi connectivity index (χ3v) is 3.33. The normalized spacial score (nSPS) is 12.3. The monoisotopic (exact) mass is 333 g/mol. The van der Waals surface area contributed by atoms with Gasteiger partial charge in [-0.25, -0.2) is 4.79 Å². The van der Waals surface area contributed by atoms with Crippen LogP contribution in [0.15, 0.2) is 22.7 Å². The van der Waals surface area contributed by atoms with Gasteiger partial charge in [-0.05, 0) is 26.0 Å². The third kappa shape index (κ3) is 3.23. The zero-order valence-electron chi connectivity index (χ0n) is 9.93. The Labute approximate surface area is 119 Å². The molecule has 18 heavy (non-hydrogen) atoms. The molecule has 0 aliphatic rings. The van der Waals surface area contributed by atoms with Crippen molar-refractivity contribution >= 4 is 39.9 Å². The van der Waals surface area contributed by atoms with Crippen LogP contribution in [0.2, 0.25) is 5.02 Å². The number of carbonyl (C=O) groups excluding carboxylic acids is 1. The molecule has 0 heterocycles. The molecule has 1 aromatic carbocycles. The second-order valence-corrected chi connectivity index (χ2v) is 5.38. The molecule has 1 rings (SSSR count). The van der Waals surface area contributed by atoms with Crippen molar-refractivity contribution in [3.8, 4) is 0 Å². The average molecular weight is 335 g/mol. The van der Waals surface area contributed by atoms with Gasteiger partial charge in [0, 0.05) is 21.1 Å². The summed E-state index contributed by atoms with van der Waals surface area (Å²) in [7, 11) is 0. The van der Waals surface area contributed by atoms with E-state index in [9.17, 15) is 14.7 Å². The molecular weight excluding hydrogens is 321 g/mol. The second kappa shape index (κ2) is 6.20. The summed E-state index contributed by atoms with van der Waals surface area (Å²) in [5.74, 6) is -1.11. The van der Waals surface area contributed by atoms with Gasteiger partial charge in [0.1, 0.15) is 0 Å². The Hall–Kier alpha value is -1.07. The molecule has 0 bridgehead atoms. The maximum absolute atomic E-state index is 11.4. The van der Waals surface area contributed by atoms with Crippen LogP contribution >= 0.6 is 27.5 Å². The number of amides is 1. The standard InChI is InChI=1S/C12H13BrClNO3/c1-7(2)15(6-16)11(12(17)18)9-4-3-8(13)5-10(9)14/h3-7,11H,1-2H3,(H,17,18). The first-order chi connectivity index (χ1) is 8.38. The van der Waals surface area contributed by atoms with Crippen molar-refractivity contribution in [2.75, 3.05) is 0 Å². The van der Waals surface area contributed by atoms with Crippen molar-refractivity contribution in [2.24, 2.45) is 0 Å². The predicted molar refractivity (Wildman–Crippen MR) is 72.6 cm³/mol. The van der Waals surface area contributed by atoms with Crippen LogP contribution in [0, 0.1) is 0 Å². The van der Waals surface area contributed by atoms with Crippen LogP contribution in [0.4, 0.5) is 0 Å². The van der Waals surface area contributed by atoms with E-state index in [4.69, 9.17) is 11.6 Å². The van der Waals surface area contributed by atoms with E-state index in [0.717, 1.165) is 4.47 Å². The Bertz CT molecular complexity index is 465. The van der Waals surface area contributed by atoms with E-state index < -0.39 is 12.0 Å². The summed E-state index contributed by atoms with van der Waals surface area (Å²) in [5, 5.41) is 9.61. The Morgan fingerprint density at radius 1 is 1.50 bits per heavy atom. The first-order valence-corrected chi connectivity index (χ1v) is 6.46. The van der Waals surface area contributed by atoms with Gasteiger partial charge in [0.05, 0.1) is 0 Å². The van der Waals surface area contributed by atoms with Gasteiger partial charge in [-0.1, -0.05) is 33.6 Å². The molecule has 0 saturated heterocycles. The number of hydrogen-bond donors (Lipinski definition) is 1. The molecule has 98 valence electrons. The lowest BCUT2D eigenvalue weighted by molar-refractivity contribution is -0.147. The van der Waals surface area contributed by atoms with Crippen LogP contribution in [-0.2, 0) is 9.59 Å². The number of carbonyl (C=O) groups is 2. The second-order valence-electron chi connectivity index (χ2n) is 4.05. The summed E-state index contributed by atoms with van der Waals surface area (Å²) in [6.45, 7) is 3.49. The molecule has 1 amide bonds. The van der Waals surface area contributed by atoms with E-state index in [-0.39, 0.29) is 6.04 Å². The zero-order chi connectivity index (χ0) is 13.9. The lowest BCUT2D eigenvalue weighted by Gasteiger charge is -2.29. The molecule has 0 radical (unpaired) electrons. The minimum absolute atomic E-state index is 0.233. The van der Waals surface area contributed by atoms with Crippen molar-refractivity contribution in [2.45, 2.75) is 25.9 Å². The van der Waals surface area contributed by atoms with E-state index in [1.54, 1.807) is 32.0 Å². The van der Waals surface area contributed by atoms with Crippen molar-refractivity contribution < 1.29 is 14.7 Å². The SMILES string of the molecule is CC(C)N(C=O)C(C(=O)O)c1ccc(Br)cc1Cl. The van der Waals surface area contributed by atoms with E-state index in [1.807, 2.05) is 0 Å². The summed E-state index contributed by atoms with van der Waals surface area (Å²) in [6, 6.07) is 3.59. The number of rotatable bonds is 5. The van der Waals surface area contributed by atoms with Crippen LogP contribution in [0.3, 0.4) is 0 Å². The van der Waals surface area contributed by atoms with Gasteiger partial charge in [0.25, 0.3) is 0 Å². The lowest BCUT2D eigenvalue weighted by atomic mass is 10.0. The molecule has 1 unspecified atom stereocenters. The number of hydrogen-bond acceptors (Lipinski definition) is 2. The first-order valence-electron chi connectivity index (χ1n) is 5.29. The summed E-state index contributed by atoms with van der Waals surface area (Å²) in [5.41, 5.74) is 0.396. The van der Waals surface area contributed by atoms with Crippen molar-refractivity contribution in [3.05, 3.63) is 33.3 Å². The lowest BCUT2D eigenvalue weighted by Crippen LogP contribution is -2.38. The van der Waals surface area contributed by atoms with Crippen molar-refractivity contribution in [3.63, 3.8) is 0 Å². The van der Waals surface area contributed by atoms with Gasteiger partial charge in [-0.3, -0.25) is 4.79 Å². The van der Waals surface area contributed by atoms with Gasteiger partial charge in [-0.15, -0.1) is 0 Å². The van der Waals surface area contributed by atoms with E-state index in [0.29, 0.717) is 17.0 Å². The molecule has 0 aliphatic carbocycles. The summed E-state index contributed by atoms with van der Waals surface area (Å²) < 4.78 is 0.752. The van der Waals surface area contributed by atoms with Crippen molar-refractivity contribution in [1.82, 2.24) is 4.90 Å². The number of carboxylic acids is 1. The Kier molecular flexibility index (Phi) is 5.16. The number of aliphatic carboxylic acids is 1. The first kappa shape index (κ1) is 15.0. The molecule has 0 fully saturated rings. The van der Waals surface area contributed by atoms with Crippen molar-refractivity contribution in [1.29, 1.82) is 0 Å². The summed E-state index contributed by atoms with van der Waals surface area (Å²) in [6.07, 6.45) is 0.530. The van der Waals surface area contributed by atoms with Gasteiger partial charge in [0.2, 0.25) is 6.41 Å². The quantitative estimate of drug-likeness (QED) is 0.842. The number of carboxylic acid groups (broad SMARTS) is 1. The highest BCUT2D eigenvalue weighted by molar-refractivity contribution is 9.10. The molecule has 1 N–H and O–H groups in total. The smallest absolute Gasteiger partial charge is 0.331 e. The number of benzene rings is 1. The van der Waals surface area contributed by atoms with E-state index >= 15 is 0 Å². The Morgan fingerprint density at radius 2 is 2.11 bits per heavy atom. The van der Waals surface area contributed by atoms with Crippen LogP contribution < -0.4 is 0 Å². The van der Waals surface area contributed by atoms with Crippen LogP contribution in [-0.4, -0.2) is 28.4 Å². The van der Waals surface area contributed by atoms with Crippen LogP contribution in [0.1, 0.15) is 25.5 Å². The maximum atomic E-state index is 11.4. The number of halogens is 2. The average Bonchev–Trinajstić information content (AvgIpc) is 2.26. The molecule has 0 aliphatic heterocycles. The highest BCUT2D eigenvalue weighted by Gasteiger charge is 2.30.